The Labute approximate surface area is 148 Å². The van der Waals surface area contributed by atoms with Crippen LogP contribution in [0.1, 0.15) is 31.2 Å². The number of hydrogen-bond donors (Lipinski definition) is 1. The molecule has 2 heterocycles. The first-order chi connectivity index (χ1) is 12.2. The van der Waals surface area contributed by atoms with Gasteiger partial charge in [-0.2, -0.15) is 0 Å². The summed E-state index contributed by atoms with van der Waals surface area (Å²) < 4.78 is 10.9. The van der Waals surface area contributed by atoms with E-state index >= 15 is 0 Å². The third-order valence-electron chi connectivity index (χ3n) is 4.78. The molecule has 1 aromatic carbocycles. The Kier molecular flexibility index (Phi) is 6.28. The topological polar surface area (TPSA) is 67.9 Å². The van der Waals surface area contributed by atoms with Crippen LogP contribution >= 0.6 is 0 Å². The standard InChI is InChI=1S/C19H26N2O4/c22-18(20-12-17-9-5-11-24-17)16-8-4-10-21(13-16)19(23)25-14-15-6-2-1-3-7-15/h1-3,6-7,16-17H,4-5,8-14H2,(H,20,22). The SMILES string of the molecule is O=C(NCC1CCCO1)C1CCCN(C(=O)OCc2ccccc2)C1. The number of rotatable bonds is 5. The number of piperidine rings is 1. The summed E-state index contributed by atoms with van der Waals surface area (Å²) in [5, 5.41) is 2.97. The second-order valence-corrected chi connectivity index (χ2v) is 6.71. The number of ether oxygens (including phenoxy) is 2. The normalized spacial score (nSPS) is 23.3. The van der Waals surface area contributed by atoms with Crippen molar-refractivity contribution in [3.63, 3.8) is 0 Å². The molecule has 0 bridgehead atoms. The molecule has 0 aromatic heterocycles. The van der Waals surface area contributed by atoms with E-state index in [9.17, 15) is 9.59 Å². The van der Waals surface area contributed by atoms with Gasteiger partial charge in [0.05, 0.1) is 12.0 Å². The van der Waals surface area contributed by atoms with Crippen molar-refractivity contribution in [3.8, 4) is 0 Å². The summed E-state index contributed by atoms with van der Waals surface area (Å²) in [6, 6.07) is 9.60. The number of nitrogens with one attached hydrogen (secondary N) is 1. The predicted molar refractivity (Wildman–Crippen MR) is 92.9 cm³/mol. The molecule has 25 heavy (non-hydrogen) atoms. The molecule has 2 atom stereocenters. The van der Waals surface area contributed by atoms with Crippen LogP contribution in [0, 0.1) is 5.92 Å². The lowest BCUT2D eigenvalue weighted by Crippen LogP contribution is -2.46. The lowest BCUT2D eigenvalue weighted by atomic mass is 9.97. The Bertz CT molecular complexity index is 572. The van der Waals surface area contributed by atoms with Gasteiger partial charge in [-0.15, -0.1) is 0 Å². The van der Waals surface area contributed by atoms with Crippen LogP contribution in [-0.4, -0.2) is 49.2 Å². The van der Waals surface area contributed by atoms with E-state index in [1.165, 1.54) is 0 Å². The maximum absolute atomic E-state index is 12.4. The second-order valence-electron chi connectivity index (χ2n) is 6.71. The minimum absolute atomic E-state index is 0.0102. The molecule has 2 aliphatic rings. The number of benzene rings is 1. The van der Waals surface area contributed by atoms with Crippen molar-refractivity contribution in [2.45, 2.75) is 38.4 Å². The minimum atomic E-state index is -0.347. The first kappa shape index (κ1) is 17.7. The minimum Gasteiger partial charge on any atom is -0.445 e. The van der Waals surface area contributed by atoms with Gasteiger partial charge in [0, 0.05) is 26.2 Å². The highest BCUT2D eigenvalue weighted by atomic mass is 16.6. The highest BCUT2D eigenvalue weighted by Crippen LogP contribution is 2.18. The van der Waals surface area contributed by atoms with E-state index in [1.807, 2.05) is 30.3 Å². The third-order valence-corrected chi connectivity index (χ3v) is 4.78. The van der Waals surface area contributed by atoms with Gasteiger partial charge in [-0.05, 0) is 31.2 Å². The van der Waals surface area contributed by atoms with Crippen molar-refractivity contribution in [3.05, 3.63) is 35.9 Å². The van der Waals surface area contributed by atoms with Crippen LogP contribution in [0.25, 0.3) is 0 Å². The zero-order valence-electron chi connectivity index (χ0n) is 14.5. The first-order valence-electron chi connectivity index (χ1n) is 9.07. The molecule has 2 saturated heterocycles. The average molecular weight is 346 g/mol. The van der Waals surface area contributed by atoms with Crippen LogP contribution in [0.2, 0.25) is 0 Å². The molecule has 6 nitrogen and oxygen atoms in total. The van der Waals surface area contributed by atoms with Gasteiger partial charge in [-0.3, -0.25) is 4.79 Å². The molecule has 2 aliphatic heterocycles. The molecule has 0 spiro atoms. The Morgan fingerprint density at radius 1 is 1.20 bits per heavy atom. The smallest absolute Gasteiger partial charge is 0.410 e. The van der Waals surface area contributed by atoms with Crippen LogP contribution in [0.5, 0.6) is 0 Å². The monoisotopic (exact) mass is 346 g/mol. The van der Waals surface area contributed by atoms with Crippen LogP contribution in [0.3, 0.4) is 0 Å². The lowest BCUT2D eigenvalue weighted by Gasteiger charge is -2.31. The molecule has 2 amide bonds. The number of hydrogen-bond acceptors (Lipinski definition) is 4. The summed E-state index contributed by atoms with van der Waals surface area (Å²) in [7, 11) is 0. The Morgan fingerprint density at radius 3 is 2.80 bits per heavy atom. The van der Waals surface area contributed by atoms with Gasteiger partial charge in [0.2, 0.25) is 5.91 Å². The van der Waals surface area contributed by atoms with Gasteiger partial charge < -0.3 is 19.7 Å². The fraction of sp³-hybridized carbons (Fsp3) is 0.579. The molecular formula is C19H26N2O4. The van der Waals surface area contributed by atoms with Crippen molar-refractivity contribution in [2.75, 3.05) is 26.2 Å². The van der Waals surface area contributed by atoms with Crippen molar-refractivity contribution < 1.29 is 19.1 Å². The van der Waals surface area contributed by atoms with E-state index in [1.54, 1.807) is 4.90 Å². The Hall–Kier alpha value is -2.08. The van der Waals surface area contributed by atoms with E-state index in [0.29, 0.717) is 19.6 Å². The van der Waals surface area contributed by atoms with Gasteiger partial charge in [-0.25, -0.2) is 4.79 Å². The van der Waals surface area contributed by atoms with Crippen LogP contribution < -0.4 is 5.32 Å². The van der Waals surface area contributed by atoms with Gasteiger partial charge in [0.25, 0.3) is 0 Å². The van der Waals surface area contributed by atoms with E-state index in [0.717, 1.165) is 37.9 Å². The predicted octanol–water partition coefficient (Wildman–Crippen LogP) is 2.33. The number of amides is 2. The van der Waals surface area contributed by atoms with E-state index in [2.05, 4.69) is 5.32 Å². The summed E-state index contributed by atoms with van der Waals surface area (Å²) >= 11 is 0. The zero-order valence-corrected chi connectivity index (χ0v) is 14.5. The van der Waals surface area contributed by atoms with Crippen molar-refractivity contribution in [1.82, 2.24) is 10.2 Å². The molecule has 3 rings (SSSR count). The molecular weight excluding hydrogens is 320 g/mol. The van der Waals surface area contributed by atoms with Crippen molar-refractivity contribution in [2.24, 2.45) is 5.92 Å². The zero-order chi connectivity index (χ0) is 17.5. The average Bonchev–Trinajstić information content (AvgIpc) is 3.18. The van der Waals surface area contributed by atoms with Gasteiger partial charge >= 0.3 is 6.09 Å². The maximum Gasteiger partial charge on any atom is 0.410 e. The van der Waals surface area contributed by atoms with Gasteiger partial charge in [0.1, 0.15) is 6.61 Å². The van der Waals surface area contributed by atoms with Crippen molar-refractivity contribution >= 4 is 12.0 Å². The Morgan fingerprint density at radius 2 is 2.04 bits per heavy atom. The van der Waals surface area contributed by atoms with Crippen molar-refractivity contribution in [1.29, 1.82) is 0 Å². The quantitative estimate of drug-likeness (QED) is 0.888. The van der Waals surface area contributed by atoms with E-state index in [4.69, 9.17) is 9.47 Å². The largest absolute Gasteiger partial charge is 0.445 e. The molecule has 0 aliphatic carbocycles. The second kappa shape index (κ2) is 8.85. The number of carbonyl (C=O) groups excluding carboxylic acids is 2. The molecule has 2 fully saturated rings. The highest BCUT2D eigenvalue weighted by Gasteiger charge is 2.29. The van der Waals surface area contributed by atoms with E-state index < -0.39 is 0 Å². The van der Waals surface area contributed by atoms with Crippen LogP contribution in [-0.2, 0) is 20.9 Å². The van der Waals surface area contributed by atoms with E-state index in [-0.39, 0.29) is 30.6 Å². The summed E-state index contributed by atoms with van der Waals surface area (Å²) in [6.07, 6.45) is 3.48. The molecule has 2 unspecified atom stereocenters. The third kappa shape index (κ3) is 5.19. The number of carbonyl (C=O) groups is 2. The fourth-order valence-electron chi connectivity index (χ4n) is 3.33. The summed E-state index contributed by atoms with van der Waals surface area (Å²) in [5.74, 6) is -0.157. The first-order valence-corrected chi connectivity index (χ1v) is 9.07. The van der Waals surface area contributed by atoms with Crippen LogP contribution in [0.15, 0.2) is 30.3 Å². The number of nitrogens with zero attached hydrogens (tertiary/aromatic N) is 1. The molecule has 0 saturated carbocycles. The maximum atomic E-state index is 12.4. The molecule has 1 aromatic rings. The fourth-order valence-corrected chi connectivity index (χ4v) is 3.33. The molecule has 0 radical (unpaired) electrons. The van der Waals surface area contributed by atoms with Crippen LogP contribution in [0.4, 0.5) is 4.79 Å². The molecule has 1 N–H and O–H groups in total. The number of likely N-dealkylation sites (tertiary alicyclic amines) is 1. The summed E-state index contributed by atoms with van der Waals surface area (Å²) in [6.45, 7) is 2.67. The van der Waals surface area contributed by atoms with Gasteiger partial charge in [-0.1, -0.05) is 30.3 Å². The summed E-state index contributed by atoms with van der Waals surface area (Å²) in [4.78, 5) is 26.3. The molecule has 136 valence electrons. The highest BCUT2D eigenvalue weighted by molar-refractivity contribution is 5.80. The summed E-state index contributed by atoms with van der Waals surface area (Å²) in [5.41, 5.74) is 0.957. The van der Waals surface area contributed by atoms with Gasteiger partial charge in [0.15, 0.2) is 0 Å². The molecule has 6 heteroatoms. The lowest BCUT2D eigenvalue weighted by molar-refractivity contribution is -0.126. The Balaban J connectivity index is 1.43.